The highest BCUT2D eigenvalue weighted by Gasteiger charge is 2.31. The van der Waals surface area contributed by atoms with E-state index in [0.717, 1.165) is 0 Å². The molecule has 0 saturated heterocycles. The summed E-state index contributed by atoms with van der Waals surface area (Å²) in [5.41, 5.74) is 0.916. The van der Waals surface area contributed by atoms with E-state index in [2.05, 4.69) is 26.6 Å². The molecule has 0 saturated carbocycles. The molecule has 1 heterocycles. The van der Waals surface area contributed by atoms with Crippen molar-refractivity contribution in [3.8, 4) is 0 Å². The van der Waals surface area contributed by atoms with Gasteiger partial charge in [-0.05, 0) is 54.9 Å². The largest absolute Gasteiger partial charge is 0.467 e. The molecule has 1 aliphatic heterocycles. The Labute approximate surface area is 273 Å². The summed E-state index contributed by atoms with van der Waals surface area (Å²) < 4.78 is 19.2. The van der Waals surface area contributed by atoms with Gasteiger partial charge in [0.1, 0.15) is 23.9 Å². The first kappa shape index (κ1) is 36.0. The second-order valence-corrected chi connectivity index (χ2v) is 11.7. The lowest BCUT2D eigenvalue weighted by Gasteiger charge is -2.26. The number of urea groups is 1. The lowest BCUT2D eigenvalue weighted by atomic mass is 10.0. The molecule has 0 aliphatic carbocycles. The Bertz CT molecular complexity index is 1420. The van der Waals surface area contributed by atoms with Crippen molar-refractivity contribution in [2.75, 3.05) is 13.7 Å². The van der Waals surface area contributed by atoms with Gasteiger partial charge in [0.25, 0.3) is 0 Å². The number of rotatable bonds is 10. The van der Waals surface area contributed by atoms with Crippen LogP contribution in [0.1, 0.15) is 44.2 Å². The molecule has 46 heavy (non-hydrogen) atoms. The van der Waals surface area contributed by atoms with E-state index >= 15 is 0 Å². The van der Waals surface area contributed by atoms with Crippen molar-refractivity contribution in [3.05, 3.63) is 82.6 Å². The van der Waals surface area contributed by atoms with Crippen LogP contribution in [0.4, 0.5) is 9.18 Å². The number of methoxy groups -OCH3 is 1. The Morgan fingerprint density at radius 1 is 1.02 bits per heavy atom. The van der Waals surface area contributed by atoms with Gasteiger partial charge in [-0.25, -0.2) is 14.0 Å². The van der Waals surface area contributed by atoms with E-state index in [1.54, 1.807) is 56.3 Å². The molecule has 0 bridgehead atoms. The SMILES string of the molecule is COC(=O)[C@@H](NC(=O)N[C@@H](Cc1ccccc1Cl)C(=O)N[C@H]1CCCCNC(=O)/C=C\[C@H](Cc2ccccc2F)NC1=O)C(C)C. The molecule has 1 aliphatic rings. The number of ether oxygens (including phenoxy) is 1. The monoisotopic (exact) mass is 657 g/mol. The molecule has 3 rings (SSSR count). The van der Waals surface area contributed by atoms with Crippen LogP contribution >= 0.6 is 11.6 Å². The van der Waals surface area contributed by atoms with Crippen LogP contribution in [0.15, 0.2) is 60.7 Å². The van der Waals surface area contributed by atoms with Crippen LogP contribution in [0.25, 0.3) is 0 Å². The Kier molecular flexibility index (Phi) is 14.0. The highest BCUT2D eigenvalue weighted by molar-refractivity contribution is 6.31. The van der Waals surface area contributed by atoms with Gasteiger partial charge in [-0.3, -0.25) is 14.4 Å². The van der Waals surface area contributed by atoms with Crippen LogP contribution in [0.3, 0.4) is 0 Å². The van der Waals surface area contributed by atoms with Gasteiger partial charge < -0.3 is 31.3 Å². The van der Waals surface area contributed by atoms with Crippen molar-refractivity contribution < 1.29 is 33.1 Å². The van der Waals surface area contributed by atoms with Crippen molar-refractivity contribution in [2.45, 2.75) is 70.1 Å². The number of carbonyl (C=O) groups excluding carboxylic acids is 5. The van der Waals surface area contributed by atoms with E-state index in [0.29, 0.717) is 35.5 Å². The highest BCUT2D eigenvalue weighted by Crippen LogP contribution is 2.18. The molecule has 0 unspecified atom stereocenters. The Balaban J connectivity index is 1.84. The van der Waals surface area contributed by atoms with Gasteiger partial charge in [0, 0.05) is 24.1 Å². The van der Waals surface area contributed by atoms with E-state index in [-0.39, 0.29) is 31.1 Å². The van der Waals surface area contributed by atoms with Crippen molar-refractivity contribution in [1.82, 2.24) is 26.6 Å². The first-order valence-corrected chi connectivity index (χ1v) is 15.5. The van der Waals surface area contributed by atoms with Crippen LogP contribution < -0.4 is 26.6 Å². The number of carbonyl (C=O) groups is 5. The van der Waals surface area contributed by atoms with E-state index in [1.807, 2.05) is 0 Å². The average Bonchev–Trinajstić information content (AvgIpc) is 3.02. The lowest BCUT2D eigenvalue weighted by Crippen LogP contribution is -2.58. The number of amides is 5. The summed E-state index contributed by atoms with van der Waals surface area (Å²) in [5.74, 6) is -2.92. The second kappa shape index (κ2) is 17.9. The number of halogens is 2. The summed E-state index contributed by atoms with van der Waals surface area (Å²) in [5, 5.41) is 13.9. The summed E-state index contributed by atoms with van der Waals surface area (Å²) >= 11 is 6.37. The Hall–Kier alpha value is -4.45. The summed E-state index contributed by atoms with van der Waals surface area (Å²) in [7, 11) is 1.21. The van der Waals surface area contributed by atoms with Gasteiger partial charge in [-0.2, -0.15) is 0 Å². The lowest BCUT2D eigenvalue weighted by molar-refractivity contribution is -0.144. The zero-order valence-corrected chi connectivity index (χ0v) is 26.9. The molecular weight excluding hydrogens is 617 g/mol. The maximum Gasteiger partial charge on any atom is 0.328 e. The molecule has 248 valence electrons. The first-order valence-electron chi connectivity index (χ1n) is 15.2. The van der Waals surface area contributed by atoms with Crippen LogP contribution in [0.2, 0.25) is 5.02 Å². The number of esters is 1. The first-order chi connectivity index (χ1) is 22.0. The number of hydrogen-bond acceptors (Lipinski definition) is 6. The van der Waals surface area contributed by atoms with Gasteiger partial charge in [-0.1, -0.05) is 67.9 Å². The maximum atomic E-state index is 14.5. The van der Waals surface area contributed by atoms with Crippen molar-refractivity contribution in [2.24, 2.45) is 5.92 Å². The quantitative estimate of drug-likeness (QED) is 0.248. The molecule has 13 heteroatoms. The summed E-state index contributed by atoms with van der Waals surface area (Å²) in [6.07, 6.45) is 4.09. The molecule has 0 spiro atoms. The van der Waals surface area contributed by atoms with Gasteiger partial charge in [0.15, 0.2) is 0 Å². The fourth-order valence-corrected chi connectivity index (χ4v) is 5.11. The van der Waals surface area contributed by atoms with Gasteiger partial charge in [0.05, 0.1) is 13.2 Å². The molecule has 5 N–H and O–H groups in total. The smallest absolute Gasteiger partial charge is 0.328 e. The number of benzene rings is 2. The third-order valence-electron chi connectivity index (χ3n) is 7.47. The molecule has 2 aromatic carbocycles. The third kappa shape index (κ3) is 11.2. The van der Waals surface area contributed by atoms with Crippen LogP contribution in [0, 0.1) is 11.7 Å². The molecule has 5 amide bonds. The van der Waals surface area contributed by atoms with Gasteiger partial charge >= 0.3 is 12.0 Å². The van der Waals surface area contributed by atoms with Crippen molar-refractivity contribution >= 4 is 41.3 Å². The predicted molar refractivity (Wildman–Crippen MR) is 171 cm³/mol. The summed E-state index contributed by atoms with van der Waals surface area (Å²) in [4.78, 5) is 64.9. The number of hydrogen-bond donors (Lipinski definition) is 5. The molecule has 0 fully saturated rings. The highest BCUT2D eigenvalue weighted by atomic mass is 35.5. The summed E-state index contributed by atoms with van der Waals surface area (Å²) in [6, 6.07) is 8.24. The maximum absolute atomic E-state index is 14.5. The second-order valence-electron chi connectivity index (χ2n) is 11.3. The van der Waals surface area contributed by atoms with E-state index < -0.39 is 53.8 Å². The Morgan fingerprint density at radius 2 is 1.72 bits per heavy atom. The average molecular weight is 658 g/mol. The molecular formula is C33H41ClFN5O6. The molecule has 0 radical (unpaired) electrons. The van der Waals surface area contributed by atoms with Gasteiger partial charge in [0.2, 0.25) is 17.7 Å². The minimum absolute atomic E-state index is 0.0114. The molecule has 11 nitrogen and oxygen atoms in total. The molecule has 2 aromatic rings. The van der Waals surface area contributed by atoms with E-state index in [9.17, 15) is 28.4 Å². The summed E-state index contributed by atoms with van der Waals surface area (Å²) in [6.45, 7) is 3.83. The fraction of sp³-hybridized carbons (Fsp3) is 0.424. The Morgan fingerprint density at radius 3 is 2.39 bits per heavy atom. The normalized spacial score (nSPS) is 19.3. The topological polar surface area (TPSA) is 155 Å². The molecule has 4 atom stereocenters. The third-order valence-corrected chi connectivity index (χ3v) is 7.84. The van der Waals surface area contributed by atoms with E-state index in [4.69, 9.17) is 16.3 Å². The van der Waals surface area contributed by atoms with Crippen LogP contribution in [-0.4, -0.2) is 67.5 Å². The van der Waals surface area contributed by atoms with Crippen LogP contribution in [0.5, 0.6) is 0 Å². The van der Waals surface area contributed by atoms with Crippen molar-refractivity contribution in [3.63, 3.8) is 0 Å². The zero-order valence-electron chi connectivity index (χ0n) is 26.1. The van der Waals surface area contributed by atoms with Crippen molar-refractivity contribution in [1.29, 1.82) is 0 Å². The minimum atomic E-state index is -1.19. The zero-order chi connectivity index (χ0) is 33.6. The fourth-order valence-electron chi connectivity index (χ4n) is 4.90. The minimum Gasteiger partial charge on any atom is -0.467 e. The predicted octanol–water partition coefficient (Wildman–Crippen LogP) is 2.96. The van der Waals surface area contributed by atoms with E-state index in [1.165, 1.54) is 25.3 Å². The number of nitrogens with one attached hydrogen (secondary N) is 5. The van der Waals surface area contributed by atoms with Crippen LogP contribution in [-0.2, 0) is 36.8 Å². The van der Waals surface area contributed by atoms with Gasteiger partial charge in [-0.15, -0.1) is 0 Å². The standard InChI is InChI=1S/C33H41ClFN5O6/c1-20(2)29(32(44)46-3)40-33(45)39-27(19-21-10-4-6-12-24(21)34)31(43)38-26-14-8-9-17-36-28(41)16-15-23(37-30(26)42)18-22-11-5-7-13-25(22)35/h4-7,10-13,15-16,20,23,26-27,29H,8-9,14,17-19H2,1-3H3,(H,36,41)(H,37,42)(H,38,43)(H2,39,40,45)/b16-15-/t23-,26+,27+,29+/m1/s1. The molecule has 0 aromatic heterocycles.